The summed E-state index contributed by atoms with van der Waals surface area (Å²) in [6, 6.07) is 7.29. The van der Waals surface area contributed by atoms with Gasteiger partial charge in [0.05, 0.1) is 0 Å². The maximum absolute atomic E-state index is 13.6. The first-order valence-electron chi connectivity index (χ1n) is 12.7. The molecule has 0 spiro atoms. The summed E-state index contributed by atoms with van der Waals surface area (Å²) < 4.78 is 8.07. The minimum atomic E-state index is -0.672. The van der Waals surface area contributed by atoms with Gasteiger partial charge in [0.15, 0.2) is 0 Å². The molecule has 1 aliphatic carbocycles. The van der Waals surface area contributed by atoms with Crippen molar-refractivity contribution in [3.63, 3.8) is 0 Å². The van der Waals surface area contributed by atoms with Crippen LogP contribution in [0.4, 0.5) is 0 Å². The molecule has 3 aromatic rings. The zero-order valence-electron chi connectivity index (χ0n) is 20.1. The highest BCUT2D eigenvalue weighted by Crippen LogP contribution is 2.26. The van der Waals surface area contributed by atoms with E-state index in [1.165, 1.54) is 4.57 Å². The molecule has 0 radical (unpaired) electrons. The zero-order valence-corrected chi connectivity index (χ0v) is 20.1. The van der Waals surface area contributed by atoms with E-state index in [1.54, 1.807) is 24.3 Å². The molecule has 1 saturated heterocycles. The lowest BCUT2D eigenvalue weighted by molar-refractivity contribution is -0.135. The number of carbonyl (C=O) groups is 2. The molecule has 1 saturated carbocycles. The number of hydrogen-bond donors (Lipinski definition) is 1. The number of benzene rings is 1. The van der Waals surface area contributed by atoms with E-state index >= 15 is 0 Å². The first-order valence-corrected chi connectivity index (χ1v) is 12.7. The zero-order chi connectivity index (χ0) is 24.5. The Balaban J connectivity index is 1.58. The SMILES string of the molecule is CC[C@H]1CCCCN1C(=O)Cn1c(=O)n(CC(=O)NC2CCCC2)c(=O)c2oc3ccccc3c21. The number of aromatic nitrogens is 2. The van der Waals surface area contributed by atoms with Gasteiger partial charge in [0.1, 0.15) is 24.2 Å². The summed E-state index contributed by atoms with van der Waals surface area (Å²) in [4.78, 5) is 54.9. The minimum Gasteiger partial charge on any atom is -0.449 e. The van der Waals surface area contributed by atoms with Crippen molar-refractivity contribution >= 4 is 33.9 Å². The molecule has 5 rings (SSSR count). The standard InChI is InChI=1S/C26H32N4O5/c1-2-18-11-7-8-14-28(18)22(32)16-29-23-19-12-5-6-13-20(19)35-24(23)25(33)30(26(29)34)15-21(31)27-17-9-3-4-10-17/h5-6,12-13,17-18H,2-4,7-11,14-16H2,1H3,(H,27,31)/t18-/m0/s1. The van der Waals surface area contributed by atoms with Crippen LogP contribution < -0.4 is 16.6 Å². The molecular weight excluding hydrogens is 448 g/mol. The Kier molecular flexibility index (Phi) is 6.49. The third-order valence-corrected chi connectivity index (χ3v) is 7.47. The number of carbonyl (C=O) groups excluding carboxylic acids is 2. The highest BCUT2D eigenvalue weighted by atomic mass is 16.3. The van der Waals surface area contributed by atoms with Crippen molar-refractivity contribution in [2.75, 3.05) is 6.54 Å². The van der Waals surface area contributed by atoms with Crippen LogP contribution in [0, 0.1) is 0 Å². The van der Waals surface area contributed by atoms with E-state index in [-0.39, 0.29) is 36.0 Å². The fourth-order valence-electron chi connectivity index (χ4n) is 5.65. The number of rotatable bonds is 6. The maximum Gasteiger partial charge on any atom is 0.332 e. The van der Waals surface area contributed by atoms with Gasteiger partial charge in [-0.15, -0.1) is 0 Å². The second-order valence-electron chi connectivity index (χ2n) is 9.73. The van der Waals surface area contributed by atoms with Gasteiger partial charge in [0, 0.05) is 24.0 Å². The van der Waals surface area contributed by atoms with Crippen LogP contribution in [0.15, 0.2) is 38.3 Å². The molecule has 3 heterocycles. The number of nitrogens with one attached hydrogen (secondary N) is 1. The van der Waals surface area contributed by atoms with Crippen LogP contribution in [-0.2, 0) is 22.7 Å². The lowest BCUT2D eigenvalue weighted by Gasteiger charge is -2.35. The van der Waals surface area contributed by atoms with Crippen LogP contribution in [0.25, 0.3) is 22.1 Å². The summed E-state index contributed by atoms with van der Waals surface area (Å²) >= 11 is 0. The Morgan fingerprint density at radius 2 is 1.74 bits per heavy atom. The summed E-state index contributed by atoms with van der Waals surface area (Å²) in [5, 5.41) is 3.52. The number of likely N-dealkylation sites (tertiary alicyclic amines) is 1. The fourth-order valence-corrected chi connectivity index (χ4v) is 5.65. The lowest BCUT2D eigenvalue weighted by Crippen LogP contribution is -2.49. The third-order valence-electron chi connectivity index (χ3n) is 7.47. The van der Waals surface area contributed by atoms with Crippen molar-refractivity contribution in [2.24, 2.45) is 0 Å². The normalized spacial score (nSPS) is 19.0. The highest BCUT2D eigenvalue weighted by molar-refractivity contribution is 6.02. The largest absolute Gasteiger partial charge is 0.449 e. The van der Waals surface area contributed by atoms with Gasteiger partial charge < -0.3 is 14.6 Å². The van der Waals surface area contributed by atoms with Crippen LogP contribution in [-0.4, -0.2) is 44.5 Å². The number of hydrogen-bond acceptors (Lipinski definition) is 5. The summed E-state index contributed by atoms with van der Waals surface area (Å²) in [5.74, 6) is -0.544. The van der Waals surface area contributed by atoms with E-state index in [1.807, 2.05) is 4.90 Å². The second-order valence-corrected chi connectivity index (χ2v) is 9.73. The molecular formula is C26H32N4O5. The van der Waals surface area contributed by atoms with Gasteiger partial charge in [-0.3, -0.25) is 19.0 Å². The van der Waals surface area contributed by atoms with Crippen LogP contribution in [0.1, 0.15) is 58.3 Å². The molecule has 1 N–H and O–H groups in total. The monoisotopic (exact) mass is 480 g/mol. The molecule has 2 fully saturated rings. The molecule has 2 amide bonds. The number of fused-ring (bicyclic) bond motifs is 3. The Labute approximate surface area is 202 Å². The van der Waals surface area contributed by atoms with Gasteiger partial charge in [-0.25, -0.2) is 9.36 Å². The van der Waals surface area contributed by atoms with E-state index < -0.39 is 17.8 Å². The molecule has 1 aromatic carbocycles. The first kappa shape index (κ1) is 23.4. The summed E-state index contributed by atoms with van der Waals surface area (Å²) in [7, 11) is 0. The molecule has 2 aromatic heterocycles. The van der Waals surface area contributed by atoms with Gasteiger partial charge in [-0.2, -0.15) is 0 Å². The number of nitrogens with zero attached hydrogens (tertiary/aromatic N) is 3. The molecule has 0 bridgehead atoms. The quantitative estimate of drug-likeness (QED) is 0.584. The van der Waals surface area contributed by atoms with Gasteiger partial charge >= 0.3 is 5.69 Å². The first-order chi connectivity index (χ1) is 17.0. The van der Waals surface area contributed by atoms with Gasteiger partial charge in [-0.1, -0.05) is 31.9 Å². The van der Waals surface area contributed by atoms with Gasteiger partial charge in [0.2, 0.25) is 17.4 Å². The van der Waals surface area contributed by atoms with Crippen LogP contribution in [0.3, 0.4) is 0 Å². The number of amides is 2. The van der Waals surface area contributed by atoms with E-state index in [4.69, 9.17) is 4.42 Å². The number of para-hydroxylation sites is 1. The van der Waals surface area contributed by atoms with Crippen molar-refractivity contribution in [3.8, 4) is 0 Å². The van der Waals surface area contributed by atoms with E-state index in [2.05, 4.69) is 12.2 Å². The summed E-state index contributed by atoms with van der Waals surface area (Å²) in [6.07, 6.45) is 7.72. The van der Waals surface area contributed by atoms with Crippen molar-refractivity contribution < 1.29 is 14.0 Å². The predicted octanol–water partition coefficient (Wildman–Crippen LogP) is 2.76. The number of furan rings is 1. The molecule has 2 aliphatic rings. The summed E-state index contributed by atoms with van der Waals surface area (Å²) in [5.41, 5.74) is -0.581. The van der Waals surface area contributed by atoms with Crippen molar-refractivity contribution in [2.45, 2.75) is 83.5 Å². The van der Waals surface area contributed by atoms with Crippen LogP contribution >= 0.6 is 0 Å². The maximum atomic E-state index is 13.6. The molecule has 35 heavy (non-hydrogen) atoms. The van der Waals surface area contributed by atoms with E-state index in [0.717, 1.165) is 55.9 Å². The second kappa shape index (κ2) is 9.71. The molecule has 1 atom stereocenters. The number of piperidine rings is 1. The minimum absolute atomic E-state index is 0.0158. The Bertz CT molecular complexity index is 1380. The Hall–Kier alpha value is -3.36. The smallest absolute Gasteiger partial charge is 0.332 e. The predicted molar refractivity (Wildman–Crippen MR) is 132 cm³/mol. The average molecular weight is 481 g/mol. The van der Waals surface area contributed by atoms with Crippen molar-refractivity contribution in [3.05, 3.63) is 45.1 Å². The Morgan fingerprint density at radius 3 is 2.51 bits per heavy atom. The highest BCUT2D eigenvalue weighted by Gasteiger charge is 2.28. The van der Waals surface area contributed by atoms with Gasteiger partial charge in [0.25, 0.3) is 5.56 Å². The molecule has 9 nitrogen and oxygen atoms in total. The van der Waals surface area contributed by atoms with Crippen molar-refractivity contribution in [1.29, 1.82) is 0 Å². The molecule has 9 heteroatoms. The van der Waals surface area contributed by atoms with E-state index in [0.29, 0.717) is 23.0 Å². The fraction of sp³-hybridized carbons (Fsp3) is 0.538. The molecule has 1 aliphatic heterocycles. The molecule has 0 unspecified atom stereocenters. The topological polar surface area (TPSA) is 107 Å². The summed E-state index contributed by atoms with van der Waals surface area (Å²) in [6.45, 7) is 2.11. The average Bonchev–Trinajstić information content (AvgIpc) is 3.52. The lowest BCUT2D eigenvalue weighted by atomic mass is 10.00. The Morgan fingerprint density at radius 1 is 1.00 bits per heavy atom. The van der Waals surface area contributed by atoms with E-state index in [9.17, 15) is 19.2 Å². The van der Waals surface area contributed by atoms with Gasteiger partial charge in [-0.05, 0) is 50.7 Å². The van der Waals surface area contributed by atoms with Crippen molar-refractivity contribution in [1.82, 2.24) is 19.4 Å². The van der Waals surface area contributed by atoms with Crippen LogP contribution in [0.5, 0.6) is 0 Å². The molecule has 186 valence electrons. The van der Waals surface area contributed by atoms with Crippen LogP contribution in [0.2, 0.25) is 0 Å². The third kappa shape index (κ3) is 4.39.